The summed E-state index contributed by atoms with van der Waals surface area (Å²) in [7, 11) is 0. The molecule has 0 aliphatic heterocycles. The van der Waals surface area contributed by atoms with E-state index in [1.54, 1.807) is 12.1 Å². The third kappa shape index (κ3) is 3.92. The molecule has 5 nitrogen and oxygen atoms in total. The number of aromatic amines is 1. The predicted octanol–water partition coefficient (Wildman–Crippen LogP) is 3.39. The number of halogens is 1. The van der Waals surface area contributed by atoms with Crippen LogP contribution in [0.2, 0.25) is 0 Å². The molecule has 0 radical (unpaired) electrons. The molecule has 0 amide bonds. The molecule has 2 rings (SSSR count). The van der Waals surface area contributed by atoms with Gasteiger partial charge in [0.25, 0.3) is 0 Å². The van der Waals surface area contributed by atoms with E-state index in [-0.39, 0.29) is 17.6 Å². The van der Waals surface area contributed by atoms with E-state index < -0.39 is 11.8 Å². The van der Waals surface area contributed by atoms with Gasteiger partial charge in [0.2, 0.25) is 5.89 Å². The number of benzene rings is 1. The Labute approximate surface area is 138 Å². The molecule has 0 aliphatic rings. The van der Waals surface area contributed by atoms with Crippen molar-refractivity contribution < 1.29 is 8.81 Å². The number of nitrogens with one attached hydrogen (secondary N) is 2. The summed E-state index contributed by atoms with van der Waals surface area (Å²) in [6.45, 7) is 9.37. The van der Waals surface area contributed by atoms with Crippen LogP contribution >= 0.6 is 11.9 Å². The Bertz CT molecular complexity index is 741. The molecule has 0 aliphatic carbocycles. The van der Waals surface area contributed by atoms with Crippen LogP contribution in [0.15, 0.2) is 34.0 Å². The molecule has 2 aromatic rings. The minimum Gasteiger partial charge on any atom is -0.391 e. The van der Waals surface area contributed by atoms with Gasteiger partial charge in [0.05, 0.1) is 0 Å². The predicted molar refractivity (Wildman–Crippen MR) is 89.9 cm³/mol. The average molecular weight is 337 g/mol. The summed E-state index contributed by atoms with van der Waals surface area (Å²) in [5, 5.41) is 6.15. The number of hydrogen-bond acceptors (Lipinski definition) is 5. The van der Waals surface area contributed by atoms with Gasteiger partial charge in [-0.3, -0.25) is 4.72 Å². The van der Waals surface area contributed by atoms with Crippen LogP contribution in [-0.2, 0) is 0 Å². The van der Waals surface area contributed by atoms with E-state index in [0.717, 1.165) is 11.1 Å². The molecule has 0 fully saturated rings. The van der Waals surface area contributed by atoms with Crippen LogP contribution in [0, 0.1) is 19.7 Å². The molecule has 124 valence electrons. The lowest BCUT2D eigenvalue weighted by molar-refractivity contribution is 0.384. The minimum atomic E-state index is -0.630. The fourth-order valence-corrected chi connectivity index (χ4v) is 3.17. The second-order valence-corrected chi connectivity index (χ2v) is 6.20. The SMILES string of the molecule is C=CCSNC(c1n[nH]c(=O)o1)C(C)c1c(F)ccc(C)c1C. The second kappa shape index (κ2) is 7.61. The molecular weight excluding hydrogens is 317 g/mol. The molecule has 1 aromatic heterocycles. The van der Waals surface area contributed by atoms with E-state index in [4.69, 9.17) is 4.42 Å². The van der Waals surface area contributed by atoms with Crippen LogP contribution < -0.4 is 10.5 Å². The topological polar surface area (TPSA) is 70.9 Å². The second-order valence-electron chi connectivity index (χ2n) is 5.34. The summed E-state index contributed by atoms with van der Waals surface area (Å²) >= 11 is 1.40. The highest BCUT2D eigenvalue weighted by Crippen LogP contribution is 2.35. The first-order chi connectivity index (χ1) is 11.0. The summed E-state index contributed by atoms with van der Waals surface area (Å²) in [5.41, 5.74) is 2.48. The number of hydrogen-bond donors (Lipinski definition) is 2. The van der Waals surface area contributed by atoms with Gasteiger partial charge in [-0.05, 0) is 36.6 Å². The molecule has 0 saturated carbocycles. The van der Waals surface area contributed by atoms with E-state index in [1.165, 1.54) is 18.0 Å². The molecule has 2 atom stereocenters. The first-order valence-corrected chi connectivity index (χ1v) is 8.23. The van der Waals surface area contributed by atoms with E-state index in [9.17, 15) is 9.18 Å². The van der Waals surface area contributed by atoms with E-state index in [2.05, 4.69) is 21.5 Å². The molecule has 2 unspecified atom stereocenters. The van der Waals surface area contributed by atoms with E-state index in [1.807, 2.05) is 20.8 Å². The van der Waals surface area contributed by atoms with Gasteiger partial charge >= 0.3 is 5.76 Å². The molecule has 1 heterocycles. The third-order valence-electron chi connectivity index (χ3n) is 3.82. The first-order valence-electron chi connectivity index (χ1n) is 7.25. The Morgan fingerprint density at radius 2 is 2.26 bits per heavy atom. The normalized spacial score (nSPS) is 13.7. The monoisotopic (exact) mass is 337 g/mol. The summed E-state index contributed by atoms with van der Waals surface area (Å²) in [6, 6.07) is 2.77. The number of aromatic nitrogens is 2. The molecular formula is C16H20FN3O2S. The lowest BCUT2D eigenvalue weighted by Gasteiger charge is -2.24. The number of nitrogens with zero attached hydrogens (tertiary/aromatic N) is 1. The quantitative estimate of drug-likeness (QED) is 0.460. The van der Waals surface area contributed by atoms with Crippen LogP contribution in [-0.4, -0.2) is 16.0 Å². The highest BCUT2D eigenvalue weighted by atomic mass is 32.2. The maximum Gasteiger partial charge on any atom is 0.434 e. The zero-order valence-electron chi connectivity index (χ0n) is 13.4. The van der Waals surface area contributed by atoms with Crippen LogP contribution in [0.4, 0.5) is 4.39 Å². The average Bonchev–Trinajstić information content (AvgIpc) is 2.94. The fourth-order valence-electron chi connectivity index (χ4n) is 2.47. The van der Waals surface area contributed by atoms with Gasteiger partial charge in [0.1, 0.15) is 11.9 Å². The van der Waals surface area contributed by atoms with Gasteiger partial charge < -0.3 is 4.42 Å². The van der Waals surface area contributed by atoms with Crippen LogP contribution in [0.25, 0.3) is 0 Å². The van der Waals surface area contributed by atoms with Gasteiger partial charge in [-0.2, -0.15) is 0 Å². The molecule has 23 heavy (non-hydrogen) atoms. The molecule has 1 aromatic carbocycles. The van der Waals surface area contributed by atoms with E-state index in [0.29, 0.717) is 11.3 Å². The first kappa shape index (κ1) is 17.5. The van der Waals surface area contributed by atoms with Crippen LogP contribution in [0.1, 0.15) is 41.5 Å². The zero-order valence-corrected chi connectivity index (χ0v) is 14.2. The fraction of sp³-hybridized carbons (Fsp3) is 0.375. The van der Waals surface area contributed by atoms with Crippen molar-refractivity contribution in [1.29, 1.82) is 0 Å². The van der Waals surface area contributed by atoms with Crippen LogP contribution in [0.3, 0.4) is 0 Å². The van der Waals surface area contributed by atoms with Crippen molar-refractivity contribution in [1.82, 2.24) is 14.9 Å². The minimum absolute atomic E-state index is 0.208. The maximum absolute atomic E-state index is 14.4. The number of H-pyrrole nitrogens is 1. The number of aryl methyl sites for hydroxylation is 1. The lowest BCUT2D eigenvalue weighted by Crippen LogP contribution is -2.23. The Balaban J connectivity index is 2.40. The smallest absolute Gasteiger partial charge is 0.391 e. The third-order valence-corrected chi connectivity index (χ3v) is 4.64. The highest BCUT2D eigenvalue weighted by molar-refractivity contribution is 7.97. The molecule has 0 saturated heterocycles. The van der Waals surface area contributed by atoms with Gasteiger partial charge in [0, 0.05) is 11.7 Å². The Kier molecular flexibility index (Phi) is 5.79. The highest BCUT2D eigenvalue weighted by Gasteiger charge is 2.29. The van der Waals surface area contributed by atoms with Crippen molar-refractivity contribution in [2.45, 2.75) is 32.7 Å². The van der Waals surface area contributed by atoms with Crippen molar-refractivity contribution in [2.24, 2.45) is 0 Å². The van der Waals surface area contributed by atoms with E-state index >= 15 is 0 Å². The van der Waals surface area contributed by atoms with Crippen molar-refractivity contribution >= 4 is 11.9 Å². The standard InChI is InChI=1S/C16H20FN3O2S/c1-5-8-23-20-14(15-18-19-16(21)22-15)11(4)13-10(3)9(2)6-7-12(13)17/h5-7,11,14,20H,1,8H2,2-4H3,(H,19,21). The zero-order chi connectivity index (χ0) is 17.0. The Morgan fingerprint density at radius 1 is 1.52 bits per heavy atom. The molecule has 0 spiro atoms. The van der Waals surface area contributed by atoms with Crippen LogP contribution in [0.5, 0.6) is 0 Å². The van der Waals surface area contributed by atoms with Gasteiger partial charge in [-0.25, -0.2) is 14.3 Å². The van der Waals surface area contributed by atoms with Gasteiger partial charge in [-0.15, -0.1) is 11.7 Å². The molecule has 7 heteroatoms. The van der Waals surface area contributed by atoms with Crippen molar-refractivity contribution in [3.05, 3.63) is 63.7 Å². The number of rotatable bonds is 7. The van der Waals surface area contributed by atoms with Gasteiger partial charge in [-0.1, -0.05) is 31.0 Å². The summed E-state index contributed by atoms with van der Waals surface area (Å²) in [5.74, 6) is -0.320. The van der Waals surface area contributed by atoms with Gasteiger partial charge in [0.15, 0.2) is 0 Å². The Hall–Kier alpha value is -1.86. The molecule has 2 N–H and O–H groups in total. The molecule has 0 bridgehead atoms. The summed E-state index contributed by atoms with van der Waals surface area (Å²) < 4.78 is 22.6. The summed E-state index contributed by atoms with van der Waals surface area (Å²) in [6.07, 6.45) is 1.75. The maximum atomic E-state index is 14.4. The lowest BCUT2D eigenvalue weighted by atomic mass is 9.88. The van der Waals surface area contributed by atoms with Crippen molar-refractivity contribution in [3.63, 3.8) is 0 Å². The van der Waals surface area contributed by atoms with Crippen molar-refractivity contribution in [2.75, 3.05) is 5.75 Å². The van der Waals surface area contributed by atoms with Crippen molar-refractivity contribution in [3.8, 4) is 0 Å². The Morgan fingerprint density at radius 3 is 2.87 bits per heavy atom. The largest absolute Gasteiger partial charge is 0.434 e. The summed E-state index contributed by atoms with van der Waals surface area (Å²) in [4.78, 5) is 11.3.